The maximum atomic E-state index is 12.1. The largest absolute Gasteiger partial charge is 0.468 e. The van der Waals surface area contributed by atoms with Gasteiger partial charge in [-0.25, -0.2) is 4.79 Å². The number of urea groups is 1. The number of esters is 1. The van der Waals surface area contributed by atoms with Crippen molar-refractivity contribution in [1.82, 2.24) is 10.6 Å². The molecule has 29 heavy (non-hydrogen) atoms. The molecule has 2 aromatic rings. The molecule has 0 saturated heterocycles. The second kappa shape index (κ2) is 10.6. The Morgan fingerprint density at radius 2 is 1.62 bits per heavy atom. The lowest BCUT2D eigenvalue weighted by molar-refractivity contribution is -0.139. The van der Waals surface area contributed by atoms with Gasteiger partial charge in [0.05, 0.1) is 7.11 Å². The molecule has 0 fully saturated rings. The highest BCUT2D eigenvalue weighted by molar-refractivity contribution is 5.96. The van der Waals surface area contributed by atoms with Gasteiger partial charge in [0.15, 0.2) is 0 Å². The molecule has 0 heterocycles. The monoisotopic (exact) mass is 407 g/mol. The minimum atomic E-state index is -2.89. The molecular formula is C19H19F2N3O5. The highest BCUT2D eigenvalue weighted by atomic mass is 19.3. The molecule has 0 saturated carbocycles. The Kier molecular flexibility index (Phi) is 7.89. The van der Waals surface area contributed by atoms with Gasteiger partial charge in [0.25, 0.3) is 5.91 Å². The van der Waals surface area contributed by atoms with Crippen LogP contribution in [0.3, 0.4) is 0 Å². The standard InChI is InChI=1S/C19H19F2N3O5/c1-28-16(25)11-22-17(26)13-4-6-14(7-5-13)24-19(27)23-10-12-2-8-15(9-3-12)29-18(20)21/h2-9,18H,10-11H2,1H3,(H,22,26)(H2,23,24,27). The number of methoxy groups -OCH3 is 1. The number of alkyl halides is 2. The maximum absolute atomic E-state index is 12.1. The number of amides is 3. The van der Waals surface area contributed by atoms with E-state index in [1.165, 1.54) is 43.5 Å². The first-order valence-electron chi connectivity index (χ1n) is 8.41. The fourth-order valence-electron chi connectivity index (χ4n) is 2.18. The van der Waals surface area contributed by atoms with Gasteiger partial charge in [-0.2, -0.15) is 8.78 Å². The van der Waals surface area contributed by atoms with Gasteiger partial charge in [0.1, 0.15) is 12.3 Å². The number of ether oxygens (including phenoxy) is 2. The van der Waals surface area contributed by atoms with E-state index < -0.39 is 24.5 Å². The van der Waals surface area contributed by atoms with Crippen LogP contribution < -0.4 is 20.7 Å². The van der Waals surface area contributed by atoms with Crippen molar-refractivity contribution >= 4 is 23.6 Å². The van der Waals surface area contributed by atoms with Gasteiger partial charge in [0, 0.05) is 17.8 Å². The molecule has 0 aromatic heterocycles. The summed E-state index contributed by atoms with van der Waals surface area (Å²) in [6.07, 6.45) is 0. The van der Waals surface area contributed by atoms with Gasteiger partial charge in [-0.1, -0.05) is 12.1 Å². The number of carbonyl (C=O) groups excluding carboxylic acids is 3. The Bertz CT molecular complexity index is 842. The van der Waals surface area contributed by atoms with Gasteiger partial charge in [0.2, 0.25) is 0 Å². The summed E-state index contributed by atoms with van der Waals surface area (Å²) < 4.78 is 32.9. The van der Waals surface area contributed by atoms with Gasteiger partial charge < -0.3 is 25.4 Å². The van der Waals surface area contributed by atoms with Crippen LogP contribution in [0.2, 0.25) is 0 Å². The van der Waals surface area contributed by atoms with Crippen LogP contribution in [0.4, 0.5) is 19.3 Å². The number of carbonyl (C=O) groups is 3. The van der Waals surface area contributed by atoms with Crippen molar-refractivity contribution in [3.05, 3.63) is 59.7 Å². The lowest BCUT2D eigenvalue weighted by Gasteiger charge is -2.09. The average molecular weight is 407 g/mol. The molecule has 10 heteroatoms. The quantitative estimate of drug-likeness (QED) is 0.583. The van der Waals surface area contributed by atoms with Crippen LogP contribution >= 0.6 is 0 Å². The number of hydrogen-bond acceptors (Lipinski definition) is 5. The molecule has 0 unspecified atom stereocenters. The summed E-state index contributed by atoms with van der Waals surface area (Å²) in [5, 5.41) is 7.61. The average Bonchev–Trinajstić information content (AvgIpc) is 2.71. The number of halogens is 2. The maximum Gasteiger partial charge on any atom is 0.387 e. The molecule has 0 bridgehead atoms. The molecule has 154 valence electrons. The zero-order valence-electron chi connectivity index (χ0n) is 15.4. The Morgan fingerprint density at radius 3 is 2.21 bits per heavy atom. The van der Waals surface area contributed by atoms with Crippen molar-refractivity contribution < 1.29 is 32.6 Å². The molecule has 0 spiro atoms. The van der Waals surface area contributed by atoms with E-state index in [2.05, 4.69) is 25.4 Å². The number of benzene rings is 2. The van der Waals surface area contributed by atoms with E-state index >= 15 is 0 Å². The van der Waals surface area contributed by atoms with E-state index in [1.807, 2.05) is 0 Å². The van der Waals surface area contributed by atoms with Crippen LogP contribution in [-0.2, 0) is 16.1 Å². The van der Waals surface area contributed by atoms with E-state index in [9.17, 15) is 23.2 Å². The van der Waals surface area contributed by atoms with Crippen molar-refractivity contribution in [3.63, 3.8) is 0 Å². The minimum Gasteiger partial charge on any atom is -0.468 e. The van der Waals surface area contributed by atoms with Gasteiger partial charge in [-0.05, 0) is 42.0 Å². The molecule has 3 N–H and O–H groups in total. The second-order valence-corrected chi connectivity index (χ2v) is 5.67. The first-order chi connectivity index (χ1) is 13.9. The number of hydrogen-bond donors (Lipinski definition) is 3. The highest BCUT2D eigenvalue weighted by Gasteiger charge is 2.09. The molecule has 0 aliphatic carbocycles. The third kappa shape index (κ3) is 7.45. The van der Waals surface area contributed by atoms with Crippen molar-refractivity contribution in [3.8, 4) is 5.75 Å². The van der Waals surface area contributed by atoms with Crippen molar-refractivity contribution in [1.29, 1.82) is 0 Å². The van der Waals surface area contributed by atoms with E-state index in [1.54, 1.807) is 12.1 Å². The fraction of sp³-hybridized carbons (Fsp3) is 0.211. The first-order valence-corrected chi connectivity index (χ1v) is 8.41. The number of nitrogens with one attached hydrogen (secondary N) is 3. The molecule has 0 radical (unpaired) electrons. The zero-order valence-corrected chi connectivity index (χ0v) is 15.4. The summed E-state index contributed by atoms with van der Waals surface area (Å²) in [5.41, 5.74) is 1.46. The van der Waals surface area contributed by atoms with Crippen LogP contribution in [0, 0.1) is 0 Å². The van der Waals surface area contributed by atoms with Gasteiger partial charge in [-0.3, -0.25) is 9.59 Å². The van der Waals surface area contributed by atoms with E-state index in [0.717, 1.165) is 0 Å². The third-order valence-electron chi connectivity index (χ3n) is 3.63. The van der Waals surface area contributed by atoms with Crippen molar-refractivity contribution in [2.45, 2.75) is 13.2 Å². The normalized spacial score (nSPS) is 10.2. The SMILES string of the molecule is COC(=O)CNC(=O)c1ccc(NC(=O)NCc2ccc(OC(F)F)cc2)cc1. The fourth-order valence-corrected chi connectivity index (χ4v) is 2.18. The predicted molar refractivity (Wildman–Crippen MR) is 99.7 cm³/mol. The third-order valence-corrected chi connectivity index (χ3v) is 3.63. The predicted octanol–water partition coefficient (Wildman–Crippen LogP) is 2.51. The molecule has 8 nitrogen and oxygen atoms in total. The Hall–Kier alpha value is -3.69. The van der Waals surface area contributed by atoms with Gasteiger partial charge in [-0.15, -0.1) is 0 Å². The van der Waals surface area contributed by atoms with Crippen LogP contribution in [0.1, 0.15) is 15.9 Å². The summed E-state index contributed by atoms with van der Waals surface area (Å²) in [5.74, 6) is -0.987. The highest BCUT2D eigenvalue weighted by Crippen LogP contribution is 2.15. The molecular weight excluding hydrogens is 388 g/mol. The summed E-state index contributed by atoms with van der Waals surface area (Å²) >= 11 is 0. The topological polar surface area (TPSA) is 106 Å². The second-order valence-electron chi connectivity index (χ2n) is 5.67. The van der Waals surface area contributed by atoms with E-state index in [-0.39, 0.29) is 18.8 Å². The molecule has 2 aromatic carbocycles. The van der Waals surface area contributed by atoms with Crippen LogP contribution in [0.5, 0.6) is 5.75 Å². The molecule has 2 rings (SSSR count). The first kappa shape index (κ1) is 21.6. The lowest BCUT2D eigenvalue weighted by Crippen LogP contribution is -2.30. The van der Waals surface area contributed by atoms with E-state index in [0.29, 0.717) is 16.8 Å². The Balaban J connectivity index is 1.80. The Morgan fingerprint density at radius 1 is 0.966 bits per heavy atom. The number of anilines is 1. The minimum absolute atomic E-state index is 0.0314. The molecule has 3 amide bonds. The summed E-state index contributed by atoms with van der Waals surface area (Å²) in [6, 6.07) is 11.4. The Labute approximate surface area is 165 Å². The van der Waals surface area contributed by atoms with Crippen LogP contribution in [0.25, 0.3) is 0 Å². The number of rotatable bonds is 8. The smallest absolute Gasteiger partial charge is 0.387 e. The van der Waals surface area contributed by atoms with Crippen LogP contribution in [0.15, 0.2) is 48.5 Å². The van der Waals surface area contributed by atoms with Crippen molar-refractivity contribution in [2.24, 2.45) is 0 Å². The molecule has 0 atom stereocenters. The summed E-state index contributed by atoms with van der Waals surface area (Å²) in [4.78, 5) is 34.8. The van der Waals surface area contributed by atoms with Crippen LogP contribution in [-0.4, -0.2) is 38.2 Å². The summed E-state index contributed by atoms with van der Waals surface area (Å²) in [6.45, 7) is -2.96. The lowest BCUT2D eigenvalue weighted by atomic mass is 10.2. The van der Waals surface area contributed by atoms with Crippen molar-refractivity contribution in [2.75, 3.05) is 19.0 Å². The van der Waals surface area contributed by atoms with Gasteiger partial charge >= 0.3 is 18.6 Å². The summed E-state index contributed by atoms with van der Waals surface area (Å²) in [7, 11) is 1.22. The molecule has 0 aliphatic rings. The molecule has 0 aliphatic heterocycles. The van der Waals surface area contributed by atoms with E-state index in [4.69, 9.17) is 0 Å². The zero-order chi connectivity index (χ0) is 21.2.